The summed E-state index contributed by atoms with van der Waals surface area (Å²) < 4.78 is 7.01. The Morgan fingerprint density at radius 2 is 1.73 bits per heavy atom. The molecule has 0 radical (unpaired) electrons. The number of ether oxygens (including phenoxy) is 1. The summed E-state index contributed by atoms with van der Waals surface area (Å²) in [5.41, 5.74) is 3.15. The van der Waals surface area contributed by atoms with Gasteiger partial charge in [0.25, 0.3) is 0 Å². The van der Waals surface area contributed by atoms with E-state index >= 15 is 0 Å². The Labute approximate surface area is 171 Å². The molecule has 0 amide bonds. The average Bonchev–Trinajstić information content (AvgIpc) is 2.63. The third-order valence-electron chi connectivity index (χ3n) is 3.81. The molecule has 1 aromatic heterocycles. The minimum absolute atomic E-state index is 0.384. The molecule has 0 unspecified atom stereocenters. The van der Waals surface area contributed by atoms with Crippen LogP contribution in [0.1, 0.15) is 16.7 Å². The van der Waals surface area contributed by atoms with Crippen LogP contribution in [0.5, 0.6) is 5.75 Å². The van der Waals surface area contributed by atoms with Gasteiger partial charge in [-0.25, -0.2) is 0 Å². The predicted molar refractivity (Wildman–Crippen MR) is 110 cm³/mol. The predicted octanol–water partition coefficient (Wildman–Crippen LogP) is 6.02. The Bertz CT molecular complexity index is 875. The van der Waals surface area contributed by atoms with E-state index < -0.39 is 0 Å². The van der Waals surface area contributed by atoms with Gasteiger partial charge in [0.2, 0.25) is 0 Å². The minimum Gasteiger partial charge on any atom is -0.489 e. The van der Waals surface area contributed by atoms with Crippen molar-refractivity contribution in [1.82, 2.24) is 10.3 Å². The lowest BCUT2D eigenvalue weighted by Gasteiger charge is -2.14. The fourth-order valence-corrected chi connectivity index (χ4v) is 3.33. The molecule has 0 saturated heterocycles. The maximum absolute atomic E-state index is 6.22. The van der Waals surface area contributed by atoms with Crippen molar-refractivity contribution in [2.24, 2.45) is 0 Å². The molecule has 0 spiro atoms. The molecule has 3 aromatic rings. The molecule has 3 nitrogen and oxygen atoms in total. The highest BCUT2D eigenvalue weighted by Gasteiger charge is 2.07. The van der Waals surface area contributed by atoms with Gasteiger partial charge in [-0.1, -0.05) is 45.2 Å². The summed E-state index contributed by atoms with van der Waals surface area (Å²) in [6.07, 6.45) is 3.58. The zero-order valence-electron chi connectivity index (χ0n) is 13.9. The highest BCUT2D eigenvalue weighted by Crippen LogP contribution is 2.26. The van der Waals surface area contributed by atoms with E-state index in [0.717, 1.165) is 27.9 Å². The summed E-state index contributed by atoms with van der Waals surface area (Å²) in [4.78, 5) is 4.03. The molecule has 1 heterocycles. The maximum Gasteiger partial charge on any atom is 0.124 e. The molecule has 0 fully saturated rings. The second-order valence-corrected chi connectivity index (χ2v) is 7.49. The van der Waals surface area contributed by atoms with Gasteiger partial charge in [0, 0.05) is 51.1 Å². The average molecular weight is 452 g/mol. The summed E-state index contributed by atoms with van der Waals surface area (Å²) in [6.45, 7) is 1.83. The van der Waals surface area contributed by atoms with Crippen LogP contribution in [0, 0.1) is 0 Å². The molecule has 0 aliphatic rings. The minimum atomic E-state index is 0.384. The van der Waals surface area contributed by atoms with E-state index in [1.54, 1.807) is 18.5 Å². The van der Waals surface area contributed by atoms with E-state index in [-0.39, 0.29) is 0 Å². The Morgan fingerprint density at radius 3 is 2.50 bits per heavy atom. The number of aromatic nitrogens is 1. The van der Waals surface area contributed by atoms with Gasteiger partial charge in [0.05, 0.1) is 0 Å². The van der Waals surface area contributed by atoms with Crippen molar-refractivity contribution in [3.63, 3.8) is 0 Å². The molecular weight excluding hydrogens is 435 g/mol. The van der Waals surface area contributed by atoms with Gasteiger partial charge in [0.1, 0.15) is 12.4 Å². The number of nitrogens with one attached hydrogen (secondary N) is 1. The number of benzene rings is 2. The van der Waals surface area contributed by atoms with Crippen LogP contribution >= 0.6 is 39.1 Å². The molecular formula is C20H17BrCl2N2O. The van der Waals surface area contributed by atoms with E-state index in [9.17, 15) is 0 Å². The van der Waals surface area contributed by atoms with Crippen LogP contribution in [0.25, 0.3) is 0 Å². The van der Waals surface area contributed by atoms with E-state index in [4.69, 9.17) is 27.9 Å². The Hall–Kier alpha value is -1.59. The molecule has 26 heavy (non-hydrogen) atoms. The van der Waals surface area contributed by atoms with Gasteiger partial charge in [-0.15, -0.1) is 0 Å². The topological polar surface area (TPSA) is 34.1 Å². The smallest absolute Gasteiger partial charge is 0.124 e. The summed E-state index contributed by atoms with van der Waals surface area (Å²) in [6, 6.07) is 15.4. The quantitative estimate of drug-likeness (QED) is 0.476. The number of pyridine rings is 1. The van der Waals surface area contributed by atoms with Crippen LogP contribution < -0.4 is 10.1 Å². The van der Waals surface area contributed by atoms with Gasteiger partial charge in [-0.2, -0.15) is 0 Å². The highest BCUT2D eigenvalue weighted by molar-refractivity contribution is 9.10. The second kappa shape index (κ2) is 9.38. The number of rotatable bonds is 7. The van der Waals surface area contributed by atoms with Crippen molar-refractivity contribution >= 4 is 39.1 Å². The molecule has 0 atom stereocenters. The third-order valence-corrected chi connectivity index (χ3v) is 4.89. The largest absolute Gasteiger partial charge is 0.489 e. The fourth-order valence-electron chi connectivity index (χ4n) is 2.46. The molecule has 2 aromatic carbocycles. The van der Waals surface area contributed by atoms with E-state index in [1.807, 2.05) is 36.4 Å². The lowest BCUT2D eigenvalue weighted by molar-refractivity contribution is 0.302. The van der Waals surface area contributed by atoms with Crippen molar-refractivity contribution in [3.05, 3.63) is 92.1 Å². The lowest BCUT2D eigenvalue weighted by atomic mass is 10.2. The third kappa shape index (κ3) is 5.45. The van der Waals surface area contributed by atoms with Crippen LogP contribution in [0.4, 0.5) is 0 Å². The molecule has 3 rings (SSSR count). The zero-order valence-corrected chi connectivity index (χ0v) is 17.0. The number of hydrogen-bond acceptors (Lipinski definition) is 3. The van der Waals surface area contributed by atoms with Crippen molar-refractivity contribution in [2.45, 2.75) is 19.7 Å². The van der Waals surface area contributed by atoms with Crippen LogP contribution in [-0.2, 0) is 19.7 Å². The van der Waals surface area contributed by atoms with Crippen LogP contribution in [0.2, 0.25) is 10.0 Å². The molecule has 134 valence electrons. The van der Waals surface area contributed by atoms with Gasteiger partial charge in [0.15, 0.2) is 0 Å². The first-order valence-electron chi connectivity index (χ1n) is 8.06. The van der Waals surface area contributed by atoms with E-state index in [1.165, 1.54) is 5.56 Å². The van der Waals surface area contributed by atoms with Crippen LogP contribution in [0.15, 0.2) is 65.4 Å². The normalized spacial score (nSPS) is 10.7. The molecule has 0 aliphatic carbocycles. The molecule has 0 aliphatic heterocycles. The van der Waals surface area contributed by atoms with Gasteiger partial charge < -0.3 is 10.1 Å². The fraction of sp³-hybridized carbons (Fsp3) is 0.150. The van der Waals surface area contributed by atoms with Crippen molar-refractivity contribution in [1.29, 1.82) is 0 Å². The van der Waals surface area contributed by atoms with Crippen LogP contribution in [-0.4, -0.2) is 4.98 Å². The van der Waals surface area contributed by atoms with Crippen molar-refractivity contribution in [3.8, 4) is 5.75 Å². The second-order valence-electron chi connectivity index (χ2n) is 5.74. The Balaban J connectivity index is 1.65. The van der Waals surface area contributed by atoms with E-state index in [0.29, 0.717) is 23.2 Å². The van der Waals surface area contributed by atoms with Crippen molar-refractivity contribution < 1.29 is 4.74 Å². The maximum atomic E-state index is 6.22. The van der Waals surface area contributed by atoms with E-state index in [2.05, 4.69) is 32.3 Å². The van der Waals surface area contributed by atoms with Gasteiger partial charge in [-0.3, -0.25) is 4.98 Å². The Kier molecular flexibility index (Phi) is 6.92. The Morgan fingerprint density at radius 1 is 0.923 bits per heavy atom. The SMILES string of the molecule is Clc1ccc(COc2ccc(Br)cc2CNCc2ccncc2)c(Cl)c1. The lowest BCUT2D eigenvalue weighted by Crippen LogP contribution is -2.13. The monoisotopic (exact) mass is 450 g/mol. The first kappa shape index (κ1) is 19.2. The highest BCUT2D eigenvalue weighted by atomic mass is 79.9. The number of halogens is 3. The number of nitrogens with zero attached hydrogens (tertiary/aromatic N) is 1. The standard InChI is InChI=1S/C20H17BrCl2N2O/c21-17-2-4-20(26-13-15-1-3-18(22)10-19(15)23)16(9-17)12-25-11-14-5-7-24-8-6-14/h1-10,25H,11-13H2. The molecule has 0 bridgehead atoms. The first-order valence-corrected chi connectivity index (χ1v) is 9.61. The summed E-state index contributed by atoms with van der Waals surface area (Å²) in [5, 5.41) is 4.65. The number of hydrogen-bond donors (Lipinski definition) is 1. The van der Waals surface area contributed by atoms with Gasteiger partial charge in [-0.05, 0) is 48.0 Å². The van der Waals surface area contributed by atoms with Crippen molar-refractivity contribution in [2.75, 3.05) is 0 Å². The van der Waals surface area contributed by atoms with Crippen LogP contribution in [0.3, 0.4) is 0 Å². The summed E-state index contributed by atoms with van der Waals surface area (Å²) in [5.74, 6) is 0.821. The summed E-state index contributed by atoms with van der Waals surface area (Å²) >= 11 is 15.7. The summed E-state index contributed by atoms with van der Waals surface area (Å²) in [7, 11) is 0. The molecule has 0 saturated carbocycles. The zero-order chi connectivity index (χ0) is 18.4. The first-order chi connectivity index (χ1) is 12.6. The van der Waals surface area contributed by atoms with Gasteiger partial charge >= 0.3 is 0 Å². The molecule has 1 N–H and O–H groups in total. The molecule has 6 heteroatoms.